The molecule has 2 N–H and O–H groups in total. The van der Waals surface area contributed by atoms with E-state index in [1.54, 1.807) is 0 Å². The van der Waals surface area contributed by atoms with Crippen LogP contribution in [0.1, 0.15) is 24.8 Å². The highest BCUT2D eigenvalue weighted by Crippen LogP contribution is 2.22. The number of likely N-dealkylation sites (tertiary alicyclic amines) is 1. The number of nitrogens with zero attached hydrogens (tertiary/aromatic N) is 1. The van der Waals surface area contributed by atoms with Gasteiger partial charge in [0, 0.05) is 30.1 Å². The molecular formula is C16H18N2O3. The summed E-state index contributed by atoms with van der Waals surface area (Å²) in [7, 11) is 0. The van der Waals surface area contributed by atoms with E-state index in [1.807, 2.05) is 30.5 Å². The number of aromatic amines is 1. The highest BCUT2D eigenvalue weighted by atomic mass is 16.4. The fourth-order valence-corrected chi connectivity index (χ4v) is 3.05. The second kappa shape index (κ2) is 5.60. The Morgan fingerprint density at radius 1 is 1.33 bits per heavy atom. The zero-order chi connectivity index (χ0) is 14.8. The normalized spacial score (nSPS) is 18.3. The average molecular weight is 286 g/mol. The largest absolute Gasteiger partial charge is 0.480 e. The van der Waals surface area contributed by atoms with E-state index in [0.29, 0.717) is 25.8 Å². The maximum Gasteiger partial charge on any atom is 0.326 e. The summed E-state index contributed by atoms with van der Waals surface area (Å²) in [5.74, 6) is -0.960. The third kappa shape index (κ3) is 2.63. The minimum atomic E-state index is -0.895. The first kappa shape index (κ1) is 13.7. The Labute approximate surface area is 122 Å². The molecule has 5 nitrogen and oxygen atoms in total. The van der Waals surface area contributed by atoms with Crippen molar-refractivity contribution < 1.29 is 14.7 Å². The van der Waals surface area contributed by atoms with E-state index in [-0.39, 0.29) is 5.91 Å². The number of hydrogen-bond acceptors (Lipinski definition) is 2. The number of aliphatic carboxylic acids is 1. The molecule has 1 atom stereocenters. The van der Waals surface area contributed by atoms with E-state index in [9.17, 15) is 9.59 Å². The number of carbonyl (C=O) groups is 2. The van der Waals surface area contributed by atoms with Gasteiger partial charge in [0.2, 0.25) is 5.91 Å². The number of H-pyrrole nitrogens is 1. The number of carboxylic acid groups (broad SMARTS) is 1. The quantitative estimate of drug-likeness (QED) is 0.904. The number of hydrogen-bond donors (Lipinski definition) is 2. The molecule has 1 saturated heterocycles. The van der Waals surface area contributed by atoms with Crippen LogP contribution in [0.2, 0.25) is 0 Å². The summed E-state index contributed by atoms with van der Waals surface area (Å²) in [5, 5.41) is 10.3. The van der Waals surface area contributed by atoms with E-state index in [2.05, 4.69) is 4.98 Å². The monoisotopic (exact) mass is 286 g/mol. The first-order chi connectivity index (χ1) is 10.2. The molecule has 0 spiro atoms. The molecule has 1 fully saturated rings. The predicted molar refractivity (Wildman–Crippen MR) is 79.0 cm³/mol. The SMILES string of the molecule is O=C(O)[C@@H]1CCCN1C(=O)CCc1c[nH]c2ccccc12. The van der Waals surface area contributed by atoms with Gasteiger partial charge in [0.25, 0.3) is 0 Å². The lowest BCUT2D eigenvalue weighted by atomic mass is 10.1. The number of para-hydroxylation sites is 1. The Balaban J connectivity index is 1.67. The first-order valence-corrected chi connectivity index (χ1v) is 7.24. The van der Waals surface area contributed by atoms with Gasteiger partial charge < -0.3 is 15.0 Å². The van der Waals surface area contributed by atoms with Gasteiger partial charge in [-0.2, -0.15) is 0 Å². The maximum absolute atomic E-state index is 12.2. The third-order valence-corrected chi connectivity index (χ3v) is 4.14. The van der Waals surface area contributed by atoms with Crippen molar-refractivity contribution in [3.05, 3.63) is 36.0 Å². The lowest BCUT2D eigenvalue weighted by Gasteiger charge is -2.21. The van der Waals surface area contributed by atoms with E-state index in [4.69, 9.17) is 5.11 Å². The molecule has 2 aromatic rings. The number of aryl methyl sites for hydroxylation is 1. The van der Waals surface area contributed by atoms with Crippen LogP contribution in [0.5, 0.6) is 0 Å². The Hall–Kier alpha value is -2.30. The third-order valence-electron chi connectivity index (χ3n) is 4.14. The minimum Gasteiger partial charge on any atom is -0.480 e. The molecule has 1 aromatic heterocycles. The summed E-state index contributed by atoms with van der Waals surface area (Å²) in [4.78, 5) is 28.1. The van der Waals surface area contributed by atoms with Gasteiger partial charge in [0.05, 0.1) is 0 Å². The summed E-state index contributed by atoms with van der Waals surface area (Å²) >= 11 is 0. The summed E-state index contributed by atoms with van der Waals surface area (Å²) in [6, 6.07) is 7.33. The molecular weight excluding hydrogens is 268 g/mol. The number of amides is 1. The highest BCUT2D eigenvalue weighted by molar-refractivity contribution is 5.86. The van der Waals surface area contributed by atoms with Crippen LogP contribution >= 0.6 is 0 Å². The van der Waals surface area contributed by atoms with Gasteiger partial charge in [0.15, 0.2) is 0 Å². The number of rotatable bonds is 4. The Morgan fingerprint density at radius 3 is 2.95 bits per heavy atom. The van der Waals surface area contributed by atoms with E-state index in [1.165, 1.54) is 4.90 Å². The van der Waals surface area contributed by atoms with Gasteiger partial charge in [-0.1, -0.05) is 18.2 Å². The molecule has 1 aliphatic heterocycles. The van der Waals surface area contributed by atoms with Gasteiger partial charge in [0.1, 0.15) is 6.04 Å². The van der Waals surface area contributed by atoms with Crippen LogP contribution in [0.15, 0.2) is 30.5 Å². The smallest absolute Gasteiger partial charge is 0.326 e. The molecule has 1 aliphatic rings. The van der Waals surface area contributed by atoms with Crippen molar-refractivity contribution in [1.82, 2.24) is 9.88 Å². The van der Waals surface area contributed by atoms with Crippen molar-refractivity contribution in [3.8, 4) is 0 Å². The molecule has 0 bridgehead atoms. The van der Waals surface area contributed by atoms with Crippen molar-refractivity contribution in [1.29, 1.82) is 0 Å². The Kier molecular flexibility index (Phi) is 3.64. The summed E-state index contributed by atoms with van der Waals surface area (Å²) in [6.07, 6.45) is 4.25. The van der Waals surface area contributed by atoms with Crippen molar-refractivity contribution in [2.24, 2.45) is 0 Å². The second-order valence-corrected chi connectivity index (χ2v) is 5.44. The van der Waals surface area contributed by atoms with Crippen molar-refractivity contribution in [2.45, 2.75) is 31.7 Å². The van der Waals surface area contributed by atoms with Crippen LogP contribution in [-0.2, 0) is 16.0 Å². The minimum absolute atomic E-state index is 0.0646. The number of carboxylic acids is 1. The summed E-state index contributed by atoms with van der Waals surface area (Å²) in [6.45, 7) is 0.559. The number of nitrogens with one attached hydrogen (secondary N) is 1. The molecule has 110 valence electrons. The molecule has 1 amide bonds. The first-order valence-electron chi connectivity index (χ1n) is 7.24. The average Bonchev–Trinajstić information content (AvgIpc) is 3.12. The molecule has 21 heavy (non-hydrogen) atoms. The lowest BCUT2D eigenvalue weighted by molar-refractivity contribution is -0.148. The van der Waals surface area contributed by atoms with E-state index < -0.39 is 12.0 Å². The summed E-state index contributed by atoms with van der Waals surface area (Å²) in [5.41, 5.74) is 2.16. The number of aromatic nitrogens is 1. The van der Waals surface area contributed by atoms with Crippen molar-refractivity contribution >= 4 is 22.8 Å². The predicted octanol–water partition coefficient (Wildman–Crippen LogP) is 2.18. The van der Waals surface area contributed by atoms with Crippen LogP contribution in [0, 0.1) is 0 Å². The molecule has 0 unspecified atom stereocenters. The topological polar surface area (TPSA) is 73.4 Å². The Morgan fingerprint density at radius 2 is 2.14 bits per heavy atom. The molecule has 2 heterocycles. The maximum atomic E-state index is 12.2. The molecule has 5 heteroatoms. The van der Waals surface area contributed by atoms with Crippen molar-refractivity contribution in [3.63, 3.8) is 0 Å². The van der Waals surface area contributed by atoms with Crippen LogP contribution in [0.3, 0.4) is 0 Å². The molecule has 3 rings (SSSR count). The van der Waals surface area contributed by atoms with Gasteiger partial charge in [-0.05, 0) is 30.9 Å². The van der Waals surface area contributed by atoms with Gasteiger partial charge in [-0.3, -0.25) is 4.79 Å². The van der Waals surface area contributed by atoms with Crippen LogP contribution < -0.4 is 0 Å². The Bertz CT molecular complexity index is 677. The van der Waals surface area contributed by atoms with Gasteiger partial charge >= 0.3 is 5.97 Å². The standard InChI is InChI=1S/C16H18N2O3/c19-15(18-9-3-6-14(18)16(20)21)8-7-11-10-17-13-5-2-1-4-12(11)13/h1-2,4-5,10,14,17H,3,6-9H2,(H,20,21)/t14-/m0/s1. The van der Waals surface area contributed by atoms with Crippen LogP contribution in [0.25, 0.3) is 10.9 Å². The molecule has 0 aliphatic carbocycles. The fraction of sp³-hybridized carbons (Fsp3) is 0.375. The number of carbonyl (C=O) groups excluding carboxylic acids is 1. The molecule has 1 aromatic carbocycles. The lowest BCUT2D eigenvalue weighted by Crippen LogP contribution is -2.40. The molecule has 0 saturated carbocycles. The number of benzene rings is 1. The van der Waals surface area contributed by atoms with Crippen LogP contribution in [0.4, 0.5) is 0 Å². The van der Waals surface area contributed by atoms with Crippen molar-refractivity contribution in [2.75, 3.05) is 6.54 Å². The highest BCUT2D eigenvalue weighted by Gasteiger charge is 2.33. The van der Waals surface area contributed by atoms with Crippen LogP contribution in [-0.4, -0.2) is 39.5 Å². The second-order valence-electron chi connectivity index (χ2n) is 5.44. The van der Waals surface area contributed by atoms with Gasteiger partial charge in [-0.25, -0.2) is 4.79 Å². The zero-order valence-corrected chi connectivity index (χ0v) is 11.7. The van der Waals surface area contributed by atoms with Gasteiger partial charge in [-0.15, -0.1) is 0 Å². The van der Waals surface area contributed by atoms with E-state index >= 15 is 0 Å². The number of fused-ring (bicyclic) bond motifs is 1. The fourth-order valence-electron chi connectivity index (χ4n) is 3.05. The zero-order valence-electron chi connectivity index (χ0n) is 11.7. The van der Waals surface area contributed by atoms with E-state index in [0.717, 1.165) is 22.9 Å². The summed E-state index contributed by atoms with van der Waals surface area (Å²) < 4.78 is 0. The molecule has 0 radical (unpaired) electrons.